The van der Waals surface area contributed by atoms with Crippen LogP contribution < -0.4 is 11.1 Å². The van der Waals surface area contributed by atoms with E-state index in [4.69, 9.17) is 5.73 Å². The smallest absolute Gasteiger partial charge is 0.230 e. The van der Waals surface area contributed by atoms with E-state index in [1.165, 1.54) is 23.9 Å². The lowest BCUT2D eigenvalue weighted by Gasteiger charge is -2.05. The van der Waals surface area contributed by atoms with Gasteiger partial charge in [-0.2, -0.15) is 0 Å². The Hall–Kier alpha value is -1.53. The summed E-state index contributed by atoms with van der Waals surface area (Å²) in [5, 5.41) is 4.77. The van der Waals surface area contributed by atoms with Crippen molar-refractivity contribution in [2.24, 2.45) is 0 Å². The van der Waals surface area contributed by atoms with Crippen LogP contribution in [-0.4, -0.2) is 11.7 Å². The van der Waals surface area contributed by atoms with Gasteiger partial charge in [0.05, 0.1) is 12.3 Å². The third-order valence-electron chi connectivity index (χ3n) is 2.30. The van der Waals surface area contributed by atoms with Crippen molar-refractivity contribution in [2.45, 2.75) is 11.4 Å². The maximum atomic E-state index is 13.1. The molecule has 0 saturated carbocycles. The Bertz CT molecular complexity index is 538. The standard InChI is InChI=1S/C13H13FN2OS2/c14-9-4-10(15)6-12(5-9)19-8-13(17)16-7-11-2-1-3-18-11/h1-6H,7-8,15H2,(H,16,17). The number of carbonyl (C=O) groups is 1. The number of carbonyl (C=O) groups excluding carboxylic acids is 1. The summed E-state index contributed by atoms with van der Waals surface area (Å²) >= 11 is 2.86. The normalized spacial score (nSPS) is 10.4. The Morgan fingerprint density at radius 1 is 1.42 bits per heavy atom. The number of halogens is 1. The number of amides is 1. The van der Waals surface area contributed by atoms with Crippen LogP contribution in [0.3, 0.4) is 0 Å². The maximum Gasteiger partial charge on any atom is 0.230 e. The summed E-state index contributed by atoms with van der Waals surface area (Å²) in [6, 6.07) is 8.18. The van der Waals surface area contributed by atoms with E-state index < -0.39 is 0 Å². The fourth-order valence-electron chi connectivity index (χ4n) is 1.47. The second-order valence-corrected chi connectivity index (χ2v) is 5.95. The van der Waals surface area contributed by atoms with Gasteiger partial charge >= 0.3 is 0 Å². The number of hydrogen-bond acceptors (Lipinski definition) is 4. The van der Waals surface area contributed by atoms with Gasteiger partial charge in [-0.15, -0.1) is 23.1 Å². The van der Waals surface area contributed by atoms with E-state index in [2.05, 4.69) is 5.32 Å². The van der Waals surface area contributed by atoms with Crippen molar-refractivity contribution in [2.75, 3.05) is 11.5 Å². The van der Waals surface area contributed by atoms with E-state index in [1.807, 2.05) is 17.5 Å². The molecular weight excluding hydrogens is 283 g/mol. The summed E-state index contributed by atoms with van der Waals surface area (Å²) in [5.41, 5.74) is 5.90. The first-order chi connectivity index (χ1) is 9.13. The van der Waals surface area contributed by atoms with Gasteiger partial charge in [0.2, 0.25) is 5.91 Å². The van der Waals surface area contributed by atoms with Gasteiger partial charge in [0.25, 0.3) is 0 Å². The number of benzene rings is 1. The van der Waals surface area contributed by atoms with Crippen LogP contribution in [0.1, 0.15) is 4.88 Å². The number of nitrogens with two attached hydrogens (primary N) is 1. The van der Waals surface area contributed by atoms with Gasteiger partial charge in [0.15, 0.2) is 0 Å². The molecule has 3 nitrogen and oxygen atoms in total. The minimum Gasteiger partial charge on any atom is -0.399 e. The molecule has 6 heteroatoms. The number of thiophene rings is 1. The third-order valence-corrected chi connectivity index (χ3v) is 4.16. The summed E-state index contributed by atoms with van der Waals surface area (Å²) in [7, 11) is 0. The molecule has 0 atom stereocenters. The second kappa shape index (κ2) is 6.58. The van der Waals surface area contributed by atoms with Gasteiger partial charge in [-0.25, -0.2) is 4.39 Å². The molecule has 1 amide bonds. The molecule has 0 radical (unpaired) electrons. The highest BCUT2D eigenvalue weighted by atomic mass is 32.2. The van der Waals surface area contributed by atoms with Crippen molar-refractivity contribution in [1.82, 2.24) is 5.32 Å². The summed E-state index contributed by atoms with van der Waals surface area (Å²) in [5.74, 6) is -0.225. The molecule has 0 fully saturated rings. The topological polar surface area (TPSA) is 55.1 Å². The van der Waals surface area contributed by atoms with Crippen molar-refractivity contribution in [3.63, 3.8) is 0 Å². The van der Waals surface area contributed by atoms with Crippen LogP contribution in [0.25, 0.3) is 0 Å². The minimum absolute atomic E-state index is 0.0822. The van der Waals surface area contributed by atoms with Crippen LogP contribution in [-0.2, 0) is 11.3 Å². The zero-order valence-corrected chi connectivity index (χ0v) is 11.7. The number of nitrogen functional groups attached to an aromatic ring is 1. The molecule has 0 bridgehead atoms. The molecular formula is C13H13FN2OS2. The lowest BCUT2D eigenvalue weighted by Crippen LogP contribution is -2.24. The largest absolute Gasteiger partial charge is 0.399 e. The third kappa shape index (κ3) is 4.57. The predicted octanol–water partition coefficient (Wildman–Crippen LogP) is 2.88. The number of thioether (sulfide) groups is 1. The van der Waals surface area contributed by atoms with Crippen LogP contribution in [0.5, 0.6) is 0 Å². The molecule has 1 aromatic heterocycles. The van der Waals surface area contributed by atoms with Gasteiger partial charge in [-0.05, 0) is 29.6 Å². The first kappa shape index (κ1) is 13.9. The zero-order chi connectivity index (χ0) is 13.7. The van der Waals surface area contributed by atoms with E-state index in [-0.39, 0.29) is 17.5 Å². The molecule has 0 aliphatic heterocycles. The molecule has 1 aromatic carbocycles. The lowest BCUT2D eigenvalue weighted by molar-refractivity contribution is -0.118. The average molecular weight is 296 g/mol. The van der Waals surface area contributed by atoms with Crippen molar-refractivity contribution >= 4 is 34.7 Å². The fraction of sp³-hybridized carbons (Fsp3) is 0.154. The van der Waals surface area contributed by atoms with Crippen molar-refractivity contribution in [1.29, 1.82) is 0 Å². The fourth-order valence-corrected chi connectivity index (χ4v) is 2.93. The van der Waals surface area contributed by atoms with E-state index in [0.717, 1.165) is 4.88 Å². The molecule has 100 valence electrons. The summed E-state index contributed by atoms with van der Waals surface area (Å²) in [6.07, 6.45) is 0. The number of hydrogen-bond donors (Lipinski definition) is 2. The monoisotopic (exact) mass is 296 g/mol. The summed E-state index contributed by atoms with van der Waals surface area (Å²) < 4.78 is 13.1. The SMILES string of the molecule is Nc1cc(F)cc(SCC(=O)NCc2cccs2)c1. The molecule has 0 unspecified atom stereocenters. The first-order valence-corrected chi connectivity index (χ1v) is 7.48. The molecule has 2 rings (SSSR count). The van der Waals surface area contributed by atoms with Crippen LogP contribution in [0.2, 0.25) is 0 Å². The van der Waals surface area contributed by atoms with Crippen LogP contribution in [0, 0.1) is 5.82 Å². The Morgan fingerprint density at radius 3 is 2.95 bits per heavy atom. The first-order valence-electron chi connectivity index (χ1n) is 5.61. The van der Waals surface area contributed by atoms with Crippen LogP contribution in [0.15, 0.2) is 40.6 Å². The number of anilines is 1. The molecule has 19 heavy (non-hydrogen) atoms. The highest BCUT2D eigenvalue weighted by molar-refractivity contribution is 8.00. The molecule has 0 aliphatic carbocycles. The van der Waals surface area contributed by atoms with E-state index in [1.54, 1.807) is 17.4 Å². The highest BCUT2D eigenvalue weighted by Crippen LogP contribution is 2.21. The quantitative estimate of drug-likeness (QED) is 0.659. The summed E-state index contributed by atoms with van der Waals surface area (Å²) in [4.78, 5) is 13.4. The van der Waals surface area contributed by atoms with Gasteiger partial charge in [-0.3, -0.25) is 4.79 Å². The maximum absolute atomic E-state index is 13.1. The van der Waals surface area contributed by atoms with Gasteiger partial charge in [0.1, 0.15) is 5.82 Å². The summed E-state index contributed by atoms with van der Waals surface area (Å²) in [6.45, 7) is 0.530. The van der Waals surface area contributed by atoms with Gasteiger partial charge in [-0.1, -0.05) is 6.07 Å². The molecule has 0 spiro atoms. The predicted molar refractivity (Wildman–Crippen MR) is 77.7 cm³/mol. The number of nitrogens with one attached hydrogen (secondary N) is 1. The van der Waals surface area contributed by atoms with E-state index in [0.29, 0.717) is 17.1 Å². The van der Waals surface area contributed by atoms with Crippen molar-refractivity contribution < 1.29 is 9.18 Å². The Morgan fingerprint density at radius 2 is 2.26 bits per heavy atom. The van der Waals surface area contributed by atoms with E-state index >= 15 is 0 Å². The Balaban J connectivity index is 1.79. The average Bonchev–Trinajstić information content (AvgIpc) is 2.86. The van der Waals surface area contributed by atoms with Gasteiger partial charge in [0, 0.05) is 15.5 Å². The lowest BCUT2D eigenvalue weighted by atomic mass is 10.3. The molecule has 0 aliphatic rings. The molecule has 3 N–H and O–H groups in total. The second-order valence-electron chi connectivity index (χ2n) is 3.87. The van der Waals surface area contributed by atoms with Crippen LogP contribution >= 0.6 is 23.1 Å². The van der Waals surface area contributed by atoms with Crippen LogP contribution in [0.4, 0.5) is 10.1 Å². The Labute approximate surface area is 119 Å². The van der Waals surface area contributed by atoms with Crippen molar-refractivity contribution in [3.8, 4) is 0 Å². The van der Waals surface area contributed by atoms with Gasteiger partial charge < -0.3 is 11.1 Å². The molecule has 2 aromatic rings. The number of rotatable bonds is 5. The molecule has 0 saturated heterocycles. The van der Waals surface area contributed by atoms with E-state index in [9.17, 15) is 9.18 Å². The minimum atomic E-state index is -0.388. The Kier molecular flexibility index (Phi) is 4.81. The highest BCUT2D eigenvalue weighted by Gasteiger charge is 2.05. The van der Waals surface area contributed by atoms with Crippen molar-refractivity contribution in [3.05, 3.63) is 46.4 Å². The zero-order valence-electron chi connectivity index (χ0n) is 10.1. The molecule has 1 heterocycles.